The molecule has 0 bridgehead atoms. The third-order valence-electron chi connectivity index (χ3n) is 3.66. The average Bonchev–Trinajstić information content (AvgIpc) is 2.89. The fourth-order valence-corrected chi connectivity index (χ4v) is 2.73. The molecule has 0 aromatic heterocycles. The summed E-state index contributed by atoms with van der Waals surface area (Å²) in [6, 6.07) is 8.76. The molecule has 1 aliphatic carbocycles. The minimum atomic E-state index is 0.107. The Bertz CT molecular complexity index is 413. The summed E-state index contributed by atoms with van der Waals surface area (Å²) in [7, 11) is 0. The quantitative estimate of drug-likeness (QED) is 0.873. The van der Waals surface area contributed by atoms with E-state index in [-0.39, 0.29) is 11.9 Å². The maximum atomic E-state index is 11.8. The van der Waals surface area contributed by atoms with Crippen molar-refractivity contribution in [1.82, 2.24) is 10.6 Å². The molecular weight excluding hydrogens is 304 g/mol. The first-order valence-corrected chi connectivity index (χ1v) is 7.72. The largest absolute Gasteiger partial charge is 0.352 e. The maximum absolute atomic E-state index is 11.8. The van der Waals surface area contributed by atoms with Crippen LogP contribution in [0.2, 0.25) is 0 Å². The highest BCUT2D eigenvalue weighted by atomic mass is 79.9. The first-order chi connectivity index (χ1) is 9.15. The third kappa shape index (κ3) is 4.62. The SMILES string of the molecule is C[C@@H](NCC(=O)NC1CCCC1)c1ccc(Br)cc1. The van der Waals surface area contributed by atoms with E-state index in [4.69, 9.17) is 0 Å². The molecular formula is C15H21BrN2O. The topological polar surface area (TPSA) is 41.1 Å². The maximum Gasteiger partial charge on any atom is 0.234 e. The van der Waals surface area contributed by atoms with Gasteiger partial charge in [-0.1, -0.05) is 40.9 Å². The van der Waals surface area contributed by atoms with Gasteiger partial charge in [0.2, 0.25) is 5.91 Å². The number of carbonyl (C=O) groups excluding carboxylic acids is 1. The Kier molecular flexibility index (Phi) is 5.40. The Morgan fingerprint density at radius 1 is 1.32 bits per heavy atom. The van der Waals surface area contributed by atoms with Crippen molar-refractivity contribution in [3.63, 3.8) is 0 Å². The van der Waals surface area contributed by atoms with Gasteiger partial charge in [0, 0.05) is 16.6 Å². The lowest BCUT2D eigenvalue weighted by Crippen LogP contribution is -2.39. The van der Waals surface area contributed by atoms with Crippen LogP contribution in [0.25, 0.3) is 0 Å². The van der Waals surface area contributed by atoms with Gasteiger partial charge in [0.15, 0.2) is 0 Å². The molecule has 4 heteroatoms. The zero-order valence-corrected chi connectivity index (χ0v) is 12.9. The number of nitrogens with one attached hydrogen (secondary N) is 2. The molecule has 19 heavy (non-hydrogen) atoms. The predicted molar refractivity (Wildman–Crippen MR) is 81.0 cm³/mol. The van der Waals surface area contributed by atoms with E-state index in [0.717, 1.165) is 17.3 Å². The minimum Gasteiger partial charge on any atom is -0.352 e. The summed E-state index contributed by atoms with van der Waals surface area (Å²) in [5.41, 5.74) is 1.19. The summed E-state index contributed by atoms with van der Waals surface area (Å²) in [6.07, 6.45) is 4.75. The van der Waals surface area contributed by atoms with Gasteiger partial charge in [-0.15, -0.1) is 0 Å². The molecule has 1 aliphatic rings. The summed E-state index contributed by atoms with van der Waals surface area (Å²) >= 11 is 3.42. The van der Waals surface area contributed by atoms with Crippen LogP contribution in [0.1, 0.15) is 44.2 Å². The Hall–Kier alpha value is -0.870. The molecule has 0 heterocycles. The van der Waals surface area contributed by atoms with E-state index in [9.17, 15) is 4.79 Å². The Morgan fingerprint density at radius 3 is 2.58 bits per heavy atom. The molecule has 0 radical (unpaired) electrons. The van der Waals surface area contributed by atoms with Gasteiger partial charge in [-0.05, 0) is 37.5 Å². The van der Waals surface area contributed by atoms with E-state index in [1.54, 1.807) is 0 Å². The summed E-state index contributed by atoms with van der Waals surface area (Å²) in [5, 5.41) is 6.35. The molecule has 1 aromatic carbocycles. The van der Waals surface area contributed by atoms with Gasteiger partial charge in [-0.25, -0.2) is 0 Å². The van der Waals surface area contributed by atoms with Crippen molar-refractivity contribution in [1.29, 1.82) is 0 Å². The zero-order chi connectivity index (χ0) is 13.7. The van der Waals surface area contributed by atoms with Crippen LogP contribution in [0.3, 0.4) is 0 Å². The summed E-state index contributed by atoms with van der Waals surface area (Å²) in [5.74, 6) is 0.107. The van der Waals surface area contributed by atoms with Crippen LogP contribution in [0, 0.1) is 0 Å². The molecule has 0 spiro atoms. The lowest BCUT2D eigenvalue weighted by molar-refractivity contribution is -0.121. The molecule has 0 unspecified atom stereocenters. The fraction of sp³-hybridized carbons (Fsp3) is 0.533. The van der Waals surface area contributed by atoms with E-state index in [1.807, 2.05) is 12.1 Å². The molecule has 0 aliphatic heterocycles. The molecule has 2 rings (SSSR count). The Labute approximate surface area is 123 Å². The Balaban J connectivity index is 1.74. The van der Waals surface area contributed by atoms with Crippen LogP contribution < -0.4 is 10.6 Å². The fourth-order valence-electron chi connectivity index (χ4n) is 2.46. The number of hydrogen-bond acceptors (Lipinski definition) is 2. The lowest BCUT2D eigenvalue weighted by atomic mass is 10.1. The van der Waals surface area contributed by atoms with E-state index in [2.05, 4.69) is 45.6 Å². The number of rotatable bonds is 5. The summed E-state index contributed by atoms with van der Waals surface area (Å²) in [6.45, 7) is 2.46. The number of hydrogen-bond donors (Lipinski definition) is 2. The van der Waals surface area contributed by atoms with Crippen molar-refractivity contribution in [2.75, 3.05) is 6.54 Å². The standard InChI is InChI=1S/C15H21BrN2O/c1-11(12-6-8-13(16)9-7-12)17-10-15(19)18-14-4-2-3-5-14/h6-9,11,14,17H,2-5,10H2,1H3,(H,18,19)/t11-/m1/s1. The molecule has 1 aromatic rings. The number of amides is 1. The van der Waals surface area contributed by atoms with Crippen molar-refractivity contribution in [2.24, 2.45) is 0 Å². The molecule has 3 nitrogen and oxygen atoms in total. The van der Waals surface area contributed by atoms with Crippen LogP contribution in [0.5, 0.6) is 0 Å². The molecule has 1 atom stereocenters. The third-order valence-corrected chi connectivity index (χ3v) is 4.19. The average molecular weight is 325 g/mol. The van der Waals surface area contributed by atoms with Gasteiger partial charge in [-0.3, -0.25) is 4.79 Å². The Morgan fingerprint density at radius 2 is 1.95 bits per heavy atom. The lowest BCUT2D eigenvalue weighted by Gasteiger charge is -2.16. The van der Waals surface area contributed by atoms with Crippen LogP contribution >= 0.6 is 15.9 Å². The molecule has 1 saturated carbocycles. The zero-order valence-electron chi connectivity index (χ0n) is 11.3. The highest BCUT2D eigenvalue weighted by Gasteiger charge is 2.17. The van der Waals surface area contributed by atoms with Gasteiger partial charge >= 0.3 is 0 Å². The van der Waals surface area contributed by atoms with Gasteiger partial charge in [0.1, 0.15) is 0 Å². The normalized spacial score (nSPS) is 17.4. The first kappa shape index (κ1) is 14.5. The number of benzene rings is 1. The molecule has 1 fully saturated rings. The van der Waals surface area contributed by atoms with Crippen LogP contribution in [-0.4, -0.2) is 18.5 Å². The molecule has 0 saturated heterocycles. The molecule has 2 N–H and O–H groups in total. The van der Waals surface area contributed by atoms with Crippen LogP contribution in [0.15, 0.2) is 28.7 Å². The summed E-state index contributed by atoms with van der Waals surface area (Å²) < 4.78 is 1.07. The smallest absolute Gasteiger partial charge is 0.234 e. The van der Waals surface area contributed by atoms with E-state index in [0.29, 0.717) is 12.6 Å². The van der Waals surface area contributed by atoms with Gasteiger partial charge in [0.25, 0.3) is 0 Å². The second kappa shape index (κ2) is 7.06. The van der Waals surface area contributed by atoms with Crippen molar-refractivity contribution in [3.8, 4) is 0 Å². The molecule has 104 valence electrons. The first-order valence-electron chi connectivity index (χ1n) is 6.93. The van der Waals surface area contributed by atoms with E-state index in [1.165, 1.54) is 18.4 Å². The van der Waals surface area contributed by atoms with Crippen molar-refractivity contribution in [3.05, 3.63) is 34.3 Å². The number of halogens is 1. The van der Waals surface area contributed by atoms with Crippen molar-refractivity contribution in [2.45, 2.75) is 44.7 Å². The second-order valence-corrected chi connectivity index (χ2v) is 6.12. The number of carbonyl (C=O) groups is 1. The molecule has 1 amide bonds. The second-order valence-electron chi connectivity index (χ2n) is 5.20. The van der Waals surface area contributed by atoms with Gasteiger partial charge in [-0.2, -0.15) is 0 Å². The van der Waals surface area contributed by atoms with E-state index < -0.39 is 0 Å². The van der Waals surface area contributed by atoms with E-state index >= 15 is 0 Å². The van der Waals surface area contributed by atoms with Crippen molar-refractivity contribution < 1.29 is 4.79 Å². The van der Waals surface area contributed by atoms with Crippen molar-refractivity contribution >= 4 is 21.8 Å². The van der Waals surface area contributed by atoms with Gasteiger partial charge in [0.05, 0.1) is 6.54 Å². The van der Waals surface area contributed by atoms with Crippen LogP contribution in [-0.2, 0) is 4.79 Å². The minimum absolute atomic E-state index is 0.107. The highest BCUT2D eigenvalue weighted by molar-refractivity contribution is 9.10. The van der Waals surface area contributed by atoms with Gasteiger partial charge < -0.3 is 10.6 Å². The monoisotopic (exact) mass is 324 g/mol. The summed E-state index contributed by atoms with van der Waals surface area (Å²) in [4.78, 5) is 11.8. The predicted octanol–water partition coefficient (Wildman–Crippen LogP) is 3.16. The highest BCUT2D eigenvalue weighted by Crippen LogP contribution is 2.18. The van der Waals surface area contributed by atoms with Crippen LogP contribution in [0.4, 0.5) is 0 Å².